The quantitative estimate of drug-likeness (QED) is 0.143. The molecular formula is C4H11NNaO5P. The van der Waals surface area contributed by atoms with Crippen LogP contribution in [0.15, 0.2) is 0 Å². The van der Waals surface area contributed by atoms with Crippen molar-refractivity contribution < 1.29 is 55.3 Å². The van der Waals surface area contributed by atoms with E-state index in [4.69, 9.17) is 15.0 Å². The molecule has 0 bridgehead atoms. The minimum absolute atomic E-state index is 0. The van der Waals surface area contributed by atoms with Crippen LogP contribution in [0.1, 0.15) is 7.85 Å². The zero-order valence-corrected chi connectivity index (χ0v) is 9.65. The largest absolute Gasteiger partial charge is 1.00 e. The molecule has 0 heterocycles. The van der Waals surface area contributed by atoms with Crippen molar-refractivity contribution >= 4 is 14.0 Å². The molecule has 0 aromatic carbocycles. The molecule has 0 aliphatic carbocycles. The molecule has 0 saturated carbocycles. The zero-order chi connectivity index (χ0) is 8.91. The molecule has 0 radical (unpaired) electrons. The molecule has 0 unspecified atom stereocenters. The molecule has 12 heavy (non-hydrogen) atoms. The first kappa shape index (κ1) is 15.1. The normalized spacial score (nSPS) is 10.2. The summed E-state index contributed by atoms with van der Waals surface area (Å²) in [5.41, 5.74) is 0. The van der Waals surface area contributed by atoms with Crippen molar-refractivity contribution in [1.82, 2.24) is 5.06 Å². The Bertz CT molecular complexity index is 176. The summed E-state index contributed by atoms with van der Waals surface area (Å²) in [6, 6.07) is 0. The van der Waals surface area contributed by atoms with Crippen LogP contribution in [0.3, 0.4) is 0 Å². The zero-order valence-electron chi connectivity index (χ0n) is 7.75. The topological polar surface area (TPSA) is 98.1 Å². The van der Waals surface area contributed by atoms with Crippen LogP contribution >= 0.6 is 7.60 Å². The van der Waals surface area contributed by atoms with Crippen LogP contribution in [-0.2, 0) is 9.36 Å². The van der Waals surface area contributed by atoms with E-state index in [9.17, 15) is 9.36 Å². The van der Waals surface area contributed by atoms with Crippen LogP contribution in [0.4, 0.5) is 0 Å². The van der Waals surface area contributed by atoms with Crippen molar-refractivity contribution in [1.29, 1.82) is 0 Å². The number of carbonyl (C=O) groups is 1. The number of hydrogen-bond acceptors (Lipinski definition) is 3. The Kier molecular flexibility index (Phi) is 8.83. The average molecular weight is 207 g/mol. The second-order valence-corrected chi connectivity index (χ2v) is 3.79. The molecule has 0 spiro atoms. The summed E-state index contributed by atoms with van der Waals surface area (Å²) >= 11 is 0. The van der Waals surface area contributed by atoms with Gasteiger partial charge in [0, 0.05) is 6.54 Å². The molecule has 3 N–H and O–H groups in total. The monoisotopic (exact) mass is 207 g/mol. The van der Waals surface area contributed by atoms with Crippen molar-refractivity contribution in [3.8, 4) is 0 Å². The Morgan fingerprint density at radius 1 is 1.50 bits per heavy atom. The Morgan fingerprint density at radius 2 is 2.00 bits per heavy atom. The van der Waals surface area contributed by atoms with Gasteiger partial charge in [0.15, 0.2) is 0 Å². The van der Waals surface area contributed by atoms with Crippen molar-refractivity contribution in [2.45, 2.75) is 6.42 Å². The molecule has 6 nitrogen and oxygen atoms in total. The van der Waals surface area contributed by atoms with Crippen LogP contribution in [-0.4, -0.2) is 39.2 Å². The van der Waals surface area contributed by atoms with Gasteiger partial charge in [-0.3, -0.25) is 14.6 Å². The van der Waals surface area contributed by atoms with Crippen molar-refractivity contribution in [3.63, 3.8) is 0 Å². The Labute approximate surface area is 93.5 Å². The maximum Gasteiger partial charge on any atom is 1.00 e. The van der Waals surface area contributed by atoms with Crippen LogP contribution in [0.25, 0.3) is 0 Å². The smallest absolute Gasteiger partial charge is 1.00 e. The molecule has 0 saturated heterocycles. The molecule has 0 rings (SSSR count). The van der Waals surface area contributed by atoms with Gasteiger partial charge in [-0.05, 0) is 6.42 Å². The summed E-state index contributed by atoms with van der Waals surface area (Å²) in [7, 11) is -3.99. The fraction of sp³-hybridized carbons (Fsp3) is 0.750. The van der Waals surface area contributed by atoms with E-state index in [1.165, 1.54) is 0 Å². The SMILES string of the molecule is O=CN(O)CCCP(=O)(O)O.[H-].[Na+]. The molecule has 0 fully saturated rings. The van der Waals surface area contributed by atoms with Crippen LogP contribution in [0.2, 0.25) is 0 Å². The van der Waals surface area contributed by atoms with Gasteiger partial charge >= 0.3 is 37.2 Å². The second-order valence-electron chi connectivity index (χ2n) is 2.01. The van der Waals surface area contributed by atoms with E-state index >= 15 is 0 Å². The van der Waals surface area contributed by atoms with Crippen molar-refractivity contribution in [3.05, 3.63) is 0 Å². The first-order chi connectivity index (χ1) is 4.95. The predicted molar refractivity (Wildman–Crippen MR) is 37.2 cm³/mol. The number of nitrogens with zero attached hydrogens (tertiary/aromatic N) is 1. The maximum atomic E-state index is 10.2. The first-order valence-electron chi connectivity index (χ1n) is 2.91. The van der Waals surface area contributed by atoms with Gasteiger partial charge in [-0.25, -0.2) is 5.06 Å². The molecule has 68 valence electrons. The summed E-state index contributed by atoms with van der Waals surface area (Å²) in [6.07, 6.45) is -0.0584. The minimum Gasteiger partial charge on any atom is -1.00 e. The Balaban J connectivity index is -0.000000500. The van der Waals surface area contributed by atoms with E-state index in [1.807, 2.05) is 0 Å². The van der Waals surface area contributed by atoms with Crippen LogP contribution in [0, 0.1) is 0 Å². The third-order valence-corrected chi connectivity index (χ3v) is 1.86. The first-order valence-corrected chi connectivity index (χ1v) is 4.71. The third-order valence-electron chi connectivity index (χ3n) is 0.958. The number of hydrogen-bond donors (Lipinski definition) is 3. The molecular weight excluding hydrogens is 196 g/mol. The third kappa shape index (κ3) is 10.6. The van der Waals surface area contributed by atoms with Crippen molar-refractivity contribution in [2.75, 3.05) is 12.7 Å². The molecule has 0 aromatic rings. The average Bonchev–Trinajstić information content (AvgIpc) is 1.85. The molecule has 0 aliphatic heterocycles. The van der Waals surface area contributed by atoms with Gasteiger partial charge in [0.2, 0.25) is 6.41 Å². The molecule has 0 aliphatic rings. The summed E-state index contributed by atoms with van der Waals surface area (Å²) in [5.74, 6) is 0. The Hall–Kier alpha value is 0.580. The Morgan fingerprint density at radius 3 is 2.33 bits per heavy atom. The number of carbonyl (C=O) groups excluding carboxylic acids is 1. The number of rotatable bonds is 5. The van der Waals surface area contributed by atoms with E-state index in [2.05, 4.69) is 0 Å². The van der Waals surface area contributed by atoms with Gasteiger partial charge in [0.25, 0.3) is 0 Å². The second kappa shape index (κ2) is 7.03. The maximum absolute atomic E-state index is 10.2. The molecule has 8 heteroatoms. The van der Waals surface area contributed by atoms with Gasteiger partial charge < -0.3 is 11.2 Å². The van der Waals surface area contributed by atoms with Gasteiger partial charge in [-0.1, -0.05) is 0 Å². The van der Waals surface area contributed by atoms with Crippen molar-refractivity contribution in [2.24, 2.45) is 0 Å². The van der Waals surface area contributed by atoms with Crippen LogP contribution < -0.4 is 29.6 Å². The summed E-state index contributed by atoms with van der Waals surface area (Å²) < 4.78 is 10.2. The summed E-state index contributed by atoms with van der Waals surface area (Å²) in [5, 5.41) is 8.81. The van der Waals surface area contributed by atoms with E-state index in [0.29, 0.717) is 5.06 Å². The number of hydroxylamine groups is 2. The van der Waals surface area contributed by atoms with Gasteiger partial charge in [-0.15, -0.1) is 0 Å². The van der Waals surface area contributed by atoms with Crippen LogP contribution in [0.5, 0.6) is 0 Å². The summed E-state index contributed by atoms with van der Waals surface area (Å²) in [4.78, 5) is 26.4. The van der Waals surface area contributed by atoms with Gasteiger partial charge in [0.1, 0.15) is 0 Å². The summed E-state index contributed by atoms with van der Waals surface area (Å²) in [6.45, 7) is -0.0609. The molecule has 0 atom stereocenters. The van der Waals surface area contributed by atoms with Gasteiger partial charge in [0.05, 0.1) is 6.16 Å². The molecule has 0 aromatic heterocycles. The fourth-order valence-corrected chi connectivity index (χ4v) is 1.04. The van der Waals surface area contributed by atoms with E-state index in [-0.39, 0.29) is 56.5 Å². The van der Waals surface area contributed by atoms with Gasteiger partial charge in [-0.2, -0.15) is 0 Å². The standard InChI is InChI=1S/C4H10NO5P.Na.H/c6-4-5(7)2-1-3-11(8,9)10;;/h4,7H,1-3H2,(H2,8,9,10);;/q;+1;-1. The fourth-order valence-electron chi connectivity index (χ4n) is 0.491. The minimum atomic E-state index is -3.99. The van der Waals surface area contributed by atoms with E-state index in [0.717, 1.165) is 0 Å². The number of amides is 1. The van der Waals surface area contributed by atoms with E-state index < -0.39 is 7.60 Å². The van der Waals surface area contributed by atoms with E-state index in [1.54, 1.807) is 0 Å². The predicted octanol–water partition coefficient (Wildman–Crippen LogP) is -3.48. The molecule has 1 amide bonds.